The predicted molar refractivity (Wildman–Crippen MR) is 143 cm³/mol. The highest BCUT2D eigenvalue weighted by Crippen LogP contribution is 2.48. The number of fused-ring (bicyclic) bond motifs is 1. The third-order valence-electron chi connectivity index (χ3n) is 6.00. The summed E-state index contributed by atoms with van der Waals surface area (Å²) in [4.78, 5) is 10.0. The molecule has 37 heavy (non-hydrogen) atoms. The second kappa shape index (κ2) is 9.95. The van der Waals surface area contributed by atoms with Gasteiger partial charge in [0.05, 0.1) is 17.9 Å². The van der Waals surface area contributed by atoms with Gasteiger partial charge in [0.15, 0.2) is 0 Å². The van der Waals surface area contributed by atoms with Crippen LogP contribution in [0.15, 0.2) is 85.1 Å². The van der Waals surface area contributed by atoms with Gasteiger partial charge in [-0.2, -0.15) is 13.2 Å². The molecule has 2 N–H and O–H groups in total. The number of nitrogens with zero attached hydrogens (tertiary/aromatic N) is 1. The summed E-state index contributed by atoms with van der Waals surface area (Å²) in [5, 5.41) is 4.81. The van der Waals surface area contributed by atoms with Gasteiger partial charge >= 0.3 is 6.18 Å². The molecule has 0 saturated heterocycles. The van der Waals surface area contributed by atoms with Gasteiger partial charge in [-0.15, -0.1) is 0 Å². The summed E-state index contributed by atoms with van der Waals surface area (Å²) in [5.41, 5.74) is 1.72. The van der Waals surface area contributed by atoms with Gasteiger partial charge in [0.25, 0.3) is 0 Å². The maximum atomic E-state index is 14.4. The molecule has 1 aromatic heterocycles. The highest BCUT2D eigenvalue weighted by atomic mass is 35.5. The van der Waals surface area contributed by atoms with Crippen molar-refractivity contribution in [2.75, 3.05) is 0 Å². The molecule has 0 aliphatic carbocycles. The van der Waals surface area contributed by atoms with Crippen LogP contribution in [0.2, 0.25) is 10.0 Å². The van der Waals surface area contributed by atoms with E-state index >= 15 is 0 Å². The van der Waals surface area contributed by atoms with Crippen LogP contribution in [0.3, 0.4) is 0 Å². The average molecular weight is 560 g/mol. The number of aromatic nitrogens is 1. The van der Waals surface area contributed by atoms with Gasteiger partial charge in [-0.1, -0.05) is 77.9 Å². The Bertz CT molecular complexity index is 1510. The molecule has 5 rings (SSSR count). The lowest BCUT2D eigenvalue weighted by Crippen LogP contribution is -2.42. The van der Waals surface area contributed by atoms with Crippen molar-refractivity contribution < 1.29 is 18.0 Å². The Morgan fingerprint density at radius 2 is 1.68 bits per heavy atom. The van der Waals surface area contributed by atoms with Crippen molar-refractivity contribution in [3.8, 4) is 0 Å². The Labute approximate surface area is 226 Å². The molecule has 4 aromatic rings. The summed E-state index contributed by atoms with van der Waals surface area (Å²) >= 11 is 17.7. The zero-order chi connectivity index (χ0) is 26.2. The molecule has 0 fully saturated rings. The minimum Gasteiger partial charge on any atom is -0.370 e. The van der Waals surface area contributed by atoms with Crippen molar-refractivity contribution in [3.63, 3.8) is 0 Å². The van der Waals surface area contributed by atoms with E-state index < -0.39 is 11.8 Å². The third kappa shape index (κ3) is 4.90. The van der Waals surface area contributed by atoms with Crippen molar-refractivity contribution in [1.29, 1.82) is 0 Å². The lowest BCUT2D eigenvalue weighted by Gasteiger charge is -2.28. The van der Waals surface area contributed by atoms with E-state index in [1.165, 1.54) is 18.2 Å². The highest BCUT2D eigenvalue weighted by molar-refractivity contribution is 7.80. The van der Waals surface area contributed by atoms with Crippen LogP contribution in [-0.2, 0) is 17.0 Å². The molecule has 3 aromatic carbocycles. The molecule has 0 radical (unpaired) electrons. The summed E-state index contributed by atoms with van der Waals surface area (Å²) in [5.74, 6) is 0. The van der Waals surface area contributed by atoms with Crippen molar-refractivity contribution in [1.82, 2.24) is 15.8 Å². The number of rotatable bonds is 5. The maximum absolute atomic E-state index is 14.4. The number of nitrogens with one attached hydrogen (secondary N) is 2. The molecule has 1 aliphatic rings. The lowest BCUT2D eigenvalue weighted by molar-refractivity contribution is -0.269. The van der Waals surface area contributed by atoms with Crippen molar-refractivity contribution in [3.05, 3.63) is 117 Å². The topological polar surface area (TPSA) is 46.2 Å². The summed E-state index contributed by atoms with van der Waals surface area (Å²) in [6.07, 6.45) is -2.09. The number of halogens is 5. The largest absolute Gasteiger partial charge is 0.428 e. The number of hydrogen-bond donors (Lipinski definition) is 2. The molecular weight excluding hydrogens is 542 g/mol. The Morgan fingerprint density at radius 1 is 0.973 bits per heavy atom. The van der Waals surface area contributed by atoms with E-state index in [4.69, 9.17) is 40.3 Å². The van der Waals surface area contributed by atoms with Gasteiger partial charge in [-0.25, -0.2) is 0 Å². The van der Waals surface area contributed by atoms with E-state index in [0.717, 1.165) is 22.7 Å². The number of alkyl halides is 3. The summed E-state index contributed by atoms with van der Waals surface area (Å²) < 4.78 is 43.3. The fourth-order valence-corrected chi connectivity index (χ4v) is 5.02. The fourth-order valence-electron chi connectivity index (χ4n) is 4.24. The van der Waals surface area contributed by atoms with E-state index in [1.54, 1.807) is 18.3 Å². The number of thiocarbonyl (C=S) groups is 1. The Morgan fingerprint density at radius 3 is 2.35 bits per heavy atom. The van der Waals surface area contributed by atoms with Crippen LogP contribution < -0.4 is 10.8 Å². The number of hydrogen-bond acceptors (Lipinski definition) is 4. The molecule has 0 saturated carbocycles. The quantitative estimate of drug-likeness (QED) is 0.250. The zero-order valence-corrected chi connectivity index (χ0v) is 21.3. The van der Waals surface area contributed by atoms with Gasteiger partial charge in [0.2, 0.25) is 5.60 Å². The van der Waals surface area contributed by atoms with Gasteiger partial charge < -0.3 is 5.32 Å². The second-order valence-corrected chi connectivity index (χ2v) is 9.64. The van der Waals surface area contributed by atoms with Crippen molar-refractivity contribution in [2.24, 2.45) is 0 Å². The minimum absolute atomic E-state index is 0.0677. The average Bonchev–Trinajstić information content (AvgIpc) is 3.34. The summed E-state index contributed by atoms with van der Waals surface area (Å²) in [6, 6.07) is 20.2. The first-order valence-electron chi connectivity index (χ1n) is 11.1. The van der Waals surface area contributed by atoms with Crippen molar-refractivity contribution in [2.45, 2.75) is 18.3 Å². The first-order valence-corrected chi connectivity index (χ1v) is 12.2. The maximum Gasteiger partial charge on any atom is 0.428 e. The first kappa shape index (κ1) is 25.5. The van der Waals surface area contributed by atoms with E-state index in [1.807, 2.05) is 42.5 Å². The second-order valence-electron chi connectivity index (χ2n) is 8.36. The van der Waals surface area contributed by atoms with Crippen LogP contribution in [0.25, 0.3) is 16.5 Å². The highest BCUT2D eigenvalue weighted by Gasteiger charge is 2.59. The Kier molecular flexibility index (Phi) is 6.85. The number of pyridine rings is 1. The van der Waals surface area contributed by atoms with Gasteiger partial charge in [-0.3, -0.25) is 15.3 Å². The predicted octanol–water partition coefficient (Wildman–Crippen LogP) is 7.34. The van der Waals surface area contributed by atoms with E-state index in [-0.39, 0.29) is 21.3 Å². The zero-order valence-electron chi connectivity index (χ0n) is 18.9. The lowest BCUT2D eigenvalue weighted by atomic mass is 9.90. The van der Waals surface area contributed by atoms with Crippen LogP contribution in [0, 0.1) is 0 Å². The van der Waals surface area contributed by atoms with Crippen LogP contribution in [0.1, 0.15) is 22.4 Å². The van der Waals surface area contributed by atoms with Crippen LogP contribution in [-0.4, -0.2) is 16.1 Å². The SMILES string of the molecule is FC(F)(F)C1(c2cc(Cl)cc(Cl)c2)C=C(c2ccc(C(=S)NCc3ccccn3)c3ccccc23)NO1. The smallest absolute Gasteiger partial charge is 0.370 e. The third-order valence-corrected chi connectivity index (χ3v) is 6.80. The summed E-state index contributed by atoms with van der Waals surface area (Å²) in [7, 11) is 0. The molecule has 0 amide bonds. The molecule has 0 bridgehead atoms. The molecule has 2 heterocycles. The molecule has 188 valence electrons. The number of benzene rings is 3. The van der Waals surface area contributed by atoms with Gasteiger partial charge in [0.1, 0.15) is 4.99 Å². The van der Waals surface area contributed by atoms with Gasteiger partial charge in [-0.05, 0) is 47.2 Å². The molecule has 4 nitrogen and oxygen atoms in total. The molecule has 1 unspecified atom stereocenters. The van der Waals surface area contributed by atoms with Crippen LogP contribution in [0.4, 0.5) is 13.2 Å². The van der Waals surface area contributed by atoms with E-state index in [9.17, 15) is 13.2 Å². The molecular formula is C27H18Cl2F3N3OS. The summed E-state index contributed by atoms with van der Waals surface area (Å²) in [6.45, 7) is 0.437. The van der Waals surface area contributed by atoms with Crippen LogP contribution in [0.5, 0.6) is 0 Å². The van der Waals surface area contributed by atoms with Crippen LogP contribution >= 0.6 is 35.4 Å². The standard InChI is InChI=1S/C27H18Cl2F3N3OS/c28-17-11-16(12-18(29)13-17)26(27(30,31)32)14-24(35-36-26)22-8-9-23(21-7-2-1-6-20(21)22)25(37)34-15-19-5-3-4-10-33-19/h1-14,35H,15H2,(H,34,37). The normalized spacial score (nSPS) is 17.4. The fraction of sp³-hybridized carbons (Fsp3) is 0.111. The first-order chi connectivity index (χ1) is 17.7. The molecule has 10 heteroatoms. The minimum atomic E-state index is -4.80. The monoisotopic (exact) mass is 559 g/mol. The Hall–Kier alpha value is -3.17. The van der Waals surface area contributed by atoms with Crippen molar-refractivity contribution >= 4 is 56.9 Å². The Balaban J connectivity index is 1.55. The molecule has 0 spiro atoms. The molecule has 1 atom stereocenters. The molecule has 1 aliphatic heterocycles. The van der Waals surface area contributed by atoms with E-state index in [2.05, 4.69) is 15.8 Å². The van der Waals surface area contributed by atoms with E-state index in [0.29, 0.717) is 22.5 Å². The van der Waals surface area contributed by atoms with Gasteiger partial charge in [0, 0.05) is 32.9 Å². The number of hydroxylamine groups is 1.